The summed E-state index contributed by atoms with van der Waals surface area (Å²) in [7, 11) is 1.75. The zero-order valence-electron chi connectivity index (χ0n) is 9.73. The standard InChI is InChI=1S/C10H16N4O2S/c1-11-10-14-13-9(17-10)8(15)12-6-7-4-2-3-5-16-7/h7H,2-6H2,1H3,(H,11,14)(H,12,15). The van der Waals surface area contributed by atoms with Crippen molar-refractivity contribution in [3.63, 3.8) is 0 Å². The summed E-state index contributed by atoms with van der Waals surface area (Å²) in [6.45, 7) is 1.34. The number of nitrogens with zero attached hydrogens (tertiary/aromatic N) is 2. The summed E-state index contributed by atoms with van der Waals surface area (Å²) in [4.78, 5) is 11.7. The summed E-state index contributed by atoms with van der Waals surface area (Å²) in [6.07, 6.45) is 3.44. The normalized spacial score (nSPS) is 19.9. The molecule has 0 aromatic carbocycles. The molecule has 1 aliphatic rings. The first-order valence-electron chi connectivity index (χ1n) is 5.70. The van der Waals surface area contributed by atoms with Crippen LogP contribution in [0.3, 0.4) is 0 Å². The molecule has 2 N–H and O–H groups in total. The van der Waals surface area contributed by atoms with Crippen molar-refractivity contribution in [3.8, 4) is 0 Å². The lowest BCUT2D eigenvalue weighted by Gasteiger charge is -2.22. The van der Waals surface area contributed by atoms with Gasteiger partial charge in [-0.1, -0.05) is 11.3 Å². The van der Waals surface area contributed by atoms with Gasteiger partial charge >= 0.3 is 0 Å². The highest BCUT2D eigenvalue weighted by atomic mass is 32.1. The number of carbonyl (C=O) groups is 1. The molecular formula is C10H16N4O2S. The summed E-state index contributed by atoms with van der Waals surface area (Å²) in [5.41, 5.74) is 0. The van der Waals surface area contributed by atoms with E-state index in [1.807, 2.05) is 0 Å². The lowest BCUT2D eigenvalue weighted by Crippen LogP contribution is -2.35. The molecule has 6 nitrogen and oxygen atoms in total. The minimum atomic E-state index is -0.182. The van der Waals surface area contributed by atoms with E-state index in [-0.39, 0.29) is 12.0 Å². The molecule has 0 spiro atoms. The smallest absolute Gasteiger partial charge is 0.282 e. The van der Waals surface area contributed by atoms with Crippen LogP contribution in [0.1, 0.15) is 29.1 Å². The van der Waals surface area contributed by atoms with E-state index in [0.717, 1.165) is 19.4 Å². The third kappa shape index (κ3) is 3.37. The van der Waals surface area contributed by atoms with E-state index in [4.69, 9.17) is 4.74 Å². The molecule has 1 aromatic heterocycles. The lowest BCUT2D eigenvalue weighted by molar-refractivity contribution is 0.0169. The predicted octanol–water partition coefficient (Wildman–Crippen LogP) is 0.879. The Labute approximate surface area is 104 Å². The Hall–Kier alpha value is -1.21. The summed E-state index contributed by atoms with van der Waals surface area (Å²) in [5.74, 6) is -0.182. The van der Waals surface area contributed by atoms with Gasteiger partial charge in [0.1, 0.15) is 0 Å². The molecule has 1 fully saturated rings. The number of anilines is 1. The van der Waals surface area contributed by atoms with Crippen LogP contribution in [-0.2, 0) is 4.74 Å². The van der Waals surface area contributed by atoms with Gasteiger partial charge in [0.15, 0.2) is 0 Å². The van der Waals surface area contributed by atoms with Crippen LogP contribution in [0, 0.1) is 0 Å². The summed E-state index contributed by atoms with van der Waals surface area (Å²) in [6, 6.07) is 0. The first kappa shape index (κ1) is 12.3. The maximum absolute atomic E-state index is 11.7. The quantitative estimate of drug-likeness (QED) is 0.836. The molecule has 0 bridgehead atoms. The van der Waals surface area contributed by atoms with Crippen molar-refractivity contribution in [1.82, 2.24) is 15.5 Å². The highest BCUT2D eigenvalue weighted by Gasteiger charge is 2.17. The van der Waals surface area contributed by atoms with Gasteiger partial charge in [-0.25, -0.2) is 0 Å². The Balaban J connectivity index is 1.80. The molecule has 0 radical (unpaired) electrons. The van der Waals surface area contributed by atoms with Crippen molar-refractivity contribution in [1.29, 1.82) is 0 Å². The minimum absolute atomic E-state index is 0.143. The number of amides is 1. The third-order valence-corrected chi connectivity index (χ3v) is 3.54. The first-order chi connectivity index (χ1) is 8.29. The molecular weight excluding hydrogens is 240 g/mol. The molecule has 2 heterocycles. The molecule has 1 aromatic rings. The maximum Gasteiger partial charge on any atom is 0.282 e. The Morgan fingerprint density at radius 1 is 1.53 bits per heavy atom. The van der Waals surface area contributed by atoms with Crippen LogP contribution in [0.5, 0.6) is 0 Å². The number of hydrogen-bond donors (Lipinski definition) is 2. The fourth-order valence-electron chi connectivity index (χ4n) is 1.67. The van der Waals surface area contributed by atoms with E-state index in [1.165, 1.54) is 17.8 Å². The Morgan fingerprint density at radius 3 is 3.06 bits per heavy atom. The predicted molar refractivity (Wildman–Crippen MR) is 65.4 cm³/mol. The van der Waals surface area contributed by atoms with Crippen molar-refractivity contribution >= 4 is 22.4 Å². The largest absolute Gasteiger partial charge is 0.376 e. The van der Waals surface area contributed by atoms with Crippen molar-refractivity contribution in [2.45, 2.75) is 25.4 Å². The lowest BCUT2D eigenvalue weighted by atomic mass is 10.1. The van der Waals surface area contributed by atoms with Crippen LogP contribution < -0.4 is 10.6 Å². The molecule has 1 unspecified atom stereocenters. The second-order valence-electron chi connectivity index (χ2n) is 3.86. The van der Waals surface area contributed by atoms with Crippen molar-refractivity contribution in [2.75, 3.05) is 25.5 Å². The number of rotatable bonds is 4. The molecule has 2 rings (SSSR count). The molecule has 17 heavy (non-hydrogen) atoms. The van der Waals surface area contributed by atoms with Gasteiger partial charge in [0, 0.05) is 20.2 Å². The number of nitrogens with one attached hydrogen (secondary N) is 2. The topological polar surface area (TPSA) is 76.1 Å². The van der Waals surface area contributed by atoms with Gasteiger partial charge < -0.3 is 15.4 Å². The fraction of sp³-hybridized carbons (Fsp3) is 0.700. The molecule has 94 valence electrons. The minimum Gasteiger partial charge on any atom is -0.376 e. The first-order valence-corrected chi connectivity index (χ1v) is 6.52. The number of aromatic nitrogens is 2. The average molecular weight is 256 g/mol. The zero-order valence-corrected chi connectivity index (χ0v) is 10.5. The average Bonchev–Trinajstić information content (AvgIpc) is 2.86. The molecule has 1 atom stereocenters. The Bertz CT molecular complexity index is 376. The zero-order chi connectivity index (χ0) is 12.1. The van der Waals surface area contributed by atoms with E-state index in [9.17, 15) is 4.79 Å². The van der Waals surface area contributed by atoms with Crippen LogP contribution in [-0.4, -0.2) is 42.4 Å². The second kappa shape index (κ2) is 5.92. The Kier molecular flexibility index (Phi) is 4.27. The van der Waals surface area contributed by atoms with Crippen LogP contribution in [0.2, 0.25) is 0 Å². The van der Waals surface area contributed by atoms with Crippen LogP contribution in [0.15, 0.2) is 0 Å². The second-order valence-corrected chi connectivity index (χ2v) is 4.84. The molecule has 0 saturated carbocycles. The van der Waals surface area contributed by atoms with Gasteiger partial charge in [0.25, 0.3) is 5.91 Å². The number of carbonyl (C=O) groups excluding carboxylic acids is 1. The van der Waals surface area contributed by atoms with E-state index in [2.05, 4.69) is 20.8 Å². The van der Waals surface area contributed by atoms with Gasteiger partial charge in [-0.15, -0.1) is 10.2 Å². The van der Waals surface area contributed by atoms with Crippen LogP contribution >= 0.6 is 11.3 Å². The summed E-state index contributed by atoms with van der Waals surface area (Å²) >= 11 is 1.24. The third-order valence-electron chi connectivity index (χ3n) is 2.60. The van der Waals surface area contributed by atoms with Gasteiger partial charge in [-0.2, -0.15) is 0 Å². The molecule has 1 saturated heterocycles. The van der Waals surface area contributed by atoms with Crippen LogP contribution in [0.4, 0.5) is 5.13 Å². The SMILES string of the molecule is CNc1nnc(C(=O)NCC2CCCCO2)s1. The van der Waals surface area contributed by atoms with Crippen molar-refractivity contribution < 1.29 is 9.53 Å². The van der Waals surface area contributed by atoms with Gasteiger partial charge in [0.05, 0.1) is 6.10 Å². The molecule has 1 amide bonds. The van der Waals surface area contributed by atoms with E-state index in [0.29, 0.717) is 16.7 Å². The highest BCUT2D eigenvalue weighted by molar-refractivity contribution is 7.17. The Morgan fingerprint density at radius 2 is 2.41 bits per heavy atom. The highest BCUT2D eigenvalue weighted by Crippen LogP contribution is 2.15. The van der Waals surface area contributed by atoms with E-state index in [1.54, 1.807) is 7.05 Å². The van der Waals surface area contributed by atoms with Crippen molar-refractivity contribution in [3.05, 3.63) is 5.01 Å². The fourth-order valence-corrected chi connectivity index (χ4v) is 2.28. The summed E-state index contributed by atoms with van der Waals surface area (Å²) in [5, 5.41) is 14.3. The number of ether oxygens (including phenoxy) is 1. The van der Waals surface area contributed by atoms with Gasteiger partial charge in [-0.3, -0.25) is 4.79 Å². The maximum atomic E-state index is 11.7. The molecule has 0 aliphatic carbocycles. The molecule has 7 heteroatoms. The monoisotopic (exact) mass is 256 g/mol. The van der Waals surface area contributed by atoms with Gasteiger partial charge in [-0.05, 0) is 19.3 Å². The summed E-state index contributed by atoms with van der Waals surface area (Å²) < 4.78 is 5.53. The van der Waals surface area contributed by atoms with E-state index < -0.39 is 0 Å². The molecule has 1 aliphatic heterocycles. The number of hydrogen-bond acceptors (Lipinski definition) is 6. The van der Waals surface area contributed by atoms with Crippen LogP contribution in [0.25, 0.3) is 0 Å². The van der Waals surface area contributed by atoms with E-state index >= 15 is 0 Å². The van der Waals surface area contributed by atoms with Gasteiger partial charge in [0.2, 0.25) is 10.1 Å². The van der Waals surface area contributed by atoms with Crippen molar-refractivity contribution in [2.24, 2.45) is 0 Å².